The van der Waals surface area contributed by atoms with Crippen LogP contribution in [0, 0.1) is 22.0 Å². The maximum atomic E-state index is 13.9. The third-order valence-corrected chi connectivity index (χ3v) is 7.61. The molecular weight excluding hydrogens is 517 g/mol. The predicted molar refractivity (Wildman–Crippen MR) is 137 cm³/mol. The van der Waals surface area contributed by atoms with Crippen LogP contribution in [0.5, 0.6) is 0 Å². The van der Waals surface area contributed by atoms with Gasteiger partial charge in [0, 0.05) is 33.9 Å². The van der Waals surface area contributed by atoms with Crippen molar-refractivity contribution in [1.29, 1.82) is 0 Å². The number of anilines is 1. The summed E-state index contributed by atoms with van der Waals surface area (Å²) in [5.74, 6) is -3.35. The molecule has 10 heteroatoms. The van der Waals surface area contributed by atoms with Gasteiger partial charge in [-0.05, 0) is 35.4 Å². The Balaban J connectivity index is 1.50. The number of non-ortho nitro benzene ring substituents is 1. The van der Waals surface area contributed by atoms with E-state index in [2.05, 4.69) is 0 Å². The molecule has 0 aliphatic carbocycles. The lowest BCUT2D eigenvalue weighted by Crippen LogP contribution is -2.44. The first-order chi connectivity index (χ1) is 17.8. The Morgan fingerprint density at radius 1 is 0.892 bits per heavy atom. The molecule has 2 amide bonds. The van der Waals surface area contributed by atoms with Crippen LogP contribution in [0.15, 0.2) is 72.9 Å². The van der Waals surface area contributed by atoms with Gasteiger partial charge in [0.25, 0.3) is 5.69 Å². The first-order valence-corrected chi connectivity index (χ1v) is 12.2. The van der Waals surface area contributed by atoms with Crippen LogP contribution in [0.25, 0.3) is 6.08 Å². The minimum atomic E-state index is -1.04. The molecule has 0 bridgehead atoms. The van der Waals surface area contributed by atoms with Crippen molar-refractivity contribution in [3.8, 4) is 0 Å². The maximum absolute atomic E-state index is 13.9. The van der Waals surface area contributed by atoms with E-state index in [0.717, 1.165) is 16.0 Å². The minimum absolute atomic E-state index is 0.0929. The average molecular weight is 534 g/mol. The molecule has 3 heterocycles. The van der Waals surface area contributed by atoms with Crippen LogP contribution in [-0.4, -0.2) is 33.5 Å². The van der Waals surface area contributed by atoms with Gasteiger partial charge in [0.15, 0.2) is 5.78 Å². The predicted octanol–water partition coefficient (Wildman–Crippen LogP) is 5.30. The topological polar surface area (TPSA) is 101 Å². The van der Waals surface area contributed by atoms with Gasteiger partial charge in [0.1, 0.15) is 6.04 Å². The maximum Gasteiger partial charge on any atom is 0.270 e. The summed E-state index contributed by atoms with van der Waals surface area (Å²) in [6.07, 6.45) is 3.57. The van der Waals surface area contributed by atoms with E-state index in [1.165, 1.54) is 42.5 Å². The van der Waals surface area contributed by atoms with Crippen LogP contribution in [0.3, 0.4) is 0 Å². The van der Waals surface area contributed by atoms with E-state index in [0.29, 0.717) is 0 Å². The molecule has 3 aliphatic rings. The van der Waals surface area contributed by atoms with E-state index >= 15 is 0 Å². The van der Waals surface area contributed by atoms with Crippen molar-refractivity contribution >= 4 is 58.3 Å². The second kappa shape index (κ2) is 8.54. The average Bonchev–Trinajstić information content (AvgIpc) is 3.35. The smallest absolute Gasteiger partial charge is 0.270 e. The Labute approximate surface area is 220 Å². The zero-order valence-electron chi connectivity index (χ0n) is 19.0. The summed E-state index contributed by atoms with van der Waals surface area (Å²) < 4.78 is 0. The van der Waals surface area contributed by atoms with Gasteiger partial charge in [0.2, 0.25) is 11.8 Å². The zero-order chi connectivity index (χ0) is 26.0. The zero-order valence-corrected chi connectivity index (χ0v) is 20.5. The number of hydrogen-bond acceptors (Lipinski definition) is 6. The van der Waals surface area contributed by atoms with E-state index in [-0.39, 0.29) is 27.0 Å². The van der Waals surface area contributed by atoms with Crippen LogP contribution in [0.2, 0.25) is 10.0 Å². The molecule has 37 heavy (non-hydrogen) atoms. The second-order valence-corrected chi connectivity index (χ2v) is 10.0. The number of imide groups is 1. The molecule has 0 N–H and O–H groups in total. The molecule has 3 aromatic rings. The normalized spacial score (nSPS) is 23.6. The lowest BCUT2D eigenvalue weighted by molar-refractivity contribution is -0.384. The van der Waals surface area contributed by atoms with Gasteiger partial charge >= 0.3 is 0 Å². The molecule has 6 rings (SSSR count). The molecule has 2 fully saturated rings. The molecule has 4 unspecified atom stereocenters. The Hall–Kier alpha value is -4.01. The number of benzene rings is 3. The van der Waals surface area contributed by atoms with Crippen LogP contribution >= 0.6 is 23.2 Å². The van der Waals surface area contributed by atoms with E-state index in [1.807, 2.05) is 30.3 Å². The Kier molecular flexibility index (Phi) is 5.40. The lowest BCUT2D eigenvalue weighted by Gasteiger charge is -2.35. The summed E-state index contributed by atoms with van der Waals surface area (Å²) in [5, 5.41) is 11.9. The Morgan fingerprint density at radius 2 is 1.59 bits per heavy atom. The molecule has 0 radical (unpaired) electrons. The van der Waals surface area contributed by atoms with Gasteiger partial charge in [-0.15, -0.1) is 0 Å². The molecule has 4 atom stereocenters. The highest BCUT2D eigenvalue weighted by molar-refractivity contribution is 6.36. The van der Waals surface area contributed by atoms with Gasteiger partial charge in [-0.1, -0.05) is 59.6 Å². The third-order valence-electron chi connectivity index (χ3n) is 7.18. The summed E-state index contributed by atoms with van der Waals surface area (Å²) in [6, 6.07) is 15.7. The van der Waals surface area contributed by atoms with Crippen molar-refractivity contribution < 1.29 is 19.3 Å². The van der Waals surface area contributed by atoms with Crippen molar-refractivity contribution in [3.05, 3.63) is 110 Å². The Bertz CT molecular complexity index is 1530. The van der Waals surface area contributed by atoms with Crippen molar-refractivity contribution in [2.24, 2.45) is 11.8 Å². The number of amides is 2. The number of carbonyl (C=O) groups is 3. The summed E-state index contributed by atoms with van der Waals surface area (Å²) in [4.78, 5) is 55.3. The number of carbonyl (C=O) groups excluding carboxylic acids is 3. The van der Waals surface area contributed by atoms with Crippen LogP contribution in [-0.2, 0) is 9.59 Å². The molecule has 2 saturated heterocycles. The number of rotatable bonds is 4. The van der Waals surface area contributed by atoms with E-state index in [1.54, 1.807) is 11.1 Å². The molecular formula is C27H17Cl2N3O5. The summed E-state index contributed by atoms with van der Waals surface area (Å²) in [7, 11) is 0. The second-order valence-electron chi connectivity index (χ2n) is 9.14. The quantitative estimate of drug-likeness (QED) is 0.195. The molecule has 0 saturated carbocycles. The van der Waals surface area contributed by atoms with Crippen LogP contribution in [0.4, 0.5) is 11.4 Å². The summed E-state index contributed by atoms with van der Waals surface area (Å²) >= 11 is 12.3. The van der Waals surface area contributed by atoms with Gasteiger partial charge in [-0.25, -0.2) is 4.90 Å². The minimum Gasteiger partial charge on any atom is -0.358 e. The van der Waals surface area contributed by atoms with E-state index in [9.17, 15) is 24.5 Å². The first kappa shape index (κ1) is 23.4. The van der Waals surface area contributed by atoms with Gasteiger partial charge in [-0.2, -0.15) is 0 Å². The van der Waals surface area contributed by atoms with Crippen molar-refractivity contribution in [2.45, 2.75) is 12.1 Å². The molecule has 8 nitrogen and oxygen atoms in total. The number of nitro benzene ring substituents is 1. The highest BCUT2D eigenvalue weighted by atomic mass is 35.5. The summed E-state index contributed by atoms with van der Waals surface area (Å²) in [6.45, 7) is 0. The monoisotopic (exact) mass is 533 g/mol. The number of nitrogens with zero attached hydrogens (tertiary/aromatic N) is 3. The number of hydrogen-bond donors (Lipinski definition) is 0. The first-order valence-electron chi connectivity index (χ1n) is 11.4. The lowest BCUT2D eigenvalue weighted by atomic mass is 9.83. The van der Waals surface area contributed by atoms with Crippen molar-refractivity contribution in [3.63, 3.8) is 0 Å². The fourth-order valence-corrected chi connectivity index (χ4v) is 6.24. The highest BCUT2D eigenvalue weighted by Crippen LogP contribution is 2.54. The SMILES string of the molecule is O=C(c1cccc([N+](=O)[O-])c1)C1C2C(=O)N(c3cc(Cl)cc(Cl)c3)C(=O)C2C2c3ccccc3C=CN12. The van der Waals surface area contributed by atoms with Crippen LogP contribution < -0.4 is 4.90 Å². The molecule has 3 aromatic carbocycles. The largest absolute Gasteiger partial charge is 0.358 e. The Morgan fingerprint density at radius 3 is 2.32 bits per heavy atom. The molecule has 0 spiro atoms. The molecule has 184 valence electrons. The van der Waals surface area contributed by atoms with Crippen molar-refractivity contribution in [2.75, 3.05) is 4.90 Å². The van der Waals surface area contributed by atoms with Gasteiger partial charge in [-0.3, -0.25) is 24.5 Å². The van der Waals surface area contributed by atoms with Crippen molar-refractivity contribution in [1.82, 2.24) is 4.90 Å². The number of ketones is 1. The fraction of sp³-hybridized carbons (Fsp3) is 0.148. The summed E-state index contributed by atoms with van der Waals surface area (Å²) in [5.41, 5.74) is 1.79. The highest BCUT2D eigenvalue weighted by Gasteiger charge is 2.64. The third kappa shape index (κ3) is 3.55. The number of fused-ring (bicyclic) bond motifs is 5. The van der Waals surface area contributed by atoms with Gasteiger partial charge in [0.05, 0.1) is 28.5 Å². The standard InChI is InChI=1S/C27H17Cl2N3O5/c28-16-11-17(29)13-19(12-16)31-26(34)21-22(27(31)35)24(25(33)15-5-3-6-18(10-15)32(36)37)30-9-8-14-4-1-2-7-20(14)23(21)30/h1-13,21-24H. The van der Waals surface area contributed by atoms with E-state index in [4.69, 9.17) is 23.2 Å². The number of Topliss-reactive ketones (excluding diaryl/α,β-unsaturated/α-hetero) is 1. The molecule has 0 aromatic heterocycles. The molecule has 3 aliphatic heterocycles. The fourth-order valence-electron chi connectivity index (χ4n) is 5.72. The number of halogens is 2. The number of nitro groups is 1. The van der Waals surface area contributed by atoms with E-state index < -0.39 is 46.4 Å². The van der Waals surface area contributed by atoms with Crippen LogP contribution in [0.1, 0.15) is 27.5 Å². The van der Waals surface area contributed by atoms with Gasteiger partial charge < -0.3 is 4.90 Å².